The van der Waals surface area contributed by atoms with Gasteiger partial charge < -0.3 is 14.5 Å². The number of benzene rings is 2. The molecule has 0 saturated carbocycles. The molecule has 0 unspecified atom stereocenters. The van der Waals surface area contributed by atoms with E-state index in [2.05, 4.69) is 58.9 Å². The fourth-order valence-electron chi connectivity index (χ4n) is 4.96. The van der Waals surface area contributed by atoms with Crippen molar-refractivity contribution in [3.05, 3.63) is 83.9 Å². The number of aromatic amines is 1. The van der Waals surface area contributed by atoms with Gasteiger partial charge in [0.2, 0.25) is 6.29 Å². The smallest absolute Gasteiger partial charge is 0.217 e. The van der Waals surface area contributed by atoms with Crippen molar-refractivity contribution in [1.29, 1.82) is 0 Å². The number of rotatable bonds is 9. The Bertz CT molecular complexity index is 1200. The van der Waals surface area contributed by atoms with Crippen molar-refractivity contribution < 1.29 is 9.47 Å². The van der Waals surface area contributed by atoms with Crippen molar-refractivity contribution in [2.24, 2.45) is 5.41 Å². The molecule has 0 atom stereocenters. The molecule has 2 aromatic carbocycles. The zero-order valence-electron chi connectivity index (χ0n) is 21.5. The van der Waals surface area contributed by atoms with Crippen LogP contribution < -0.4 is 0 Å². The molecule has 1 N–H and O–H groups in total. The van der Waals surface area contributed by atoms with Crippen LogP contribution in [0.5, 0.6) is 0 Å². The van der Waals surface area contributed by atoms with E-state index in [-0.39, 0.29) is 5.41 Å². The molecule has 1 fully saturated rings. The van der Waals surface area contributed by atoms with Gasteiger partial charge >= 0.3 is 0 Å². The summed E-state index contributed by atoms with van der Waals surface area (Å²) in [6, 6.07) is 22.7. The van der Waals surface area contributed by atoms with Crippen LogP contribution in [0.1, 0.15) is 56.1 Å². The maximum atomic E-state index is 6.23. The van der Waals surface area contributed by atoms with Crippen molar-refractivity contribution >= 4 is 0 Å². The second-order valence-corrected chi connectivity index (χ2v) is 10.3. The molecular formula is C30H36N4O2. The summed E-state index contributed by atoms with van der Waals surface area (Å²) < 4.78 is 14.6. The number of unbranched alkanes of at least 4 members (excludes halogenated alkanes) is 2. The third-order valence-corrected chi connectivity index (χ3v) is 6.98. The first-order valence-electron chi connectivity index (χ1n) is 13.0. The molecule has 0 spiro atoms. The van der Waals surface area contributed by atoms with Gasteiger partial charge in [-0.15, -0.1) is 0 Å². The lowest BCUT2D eigenvalue weighted by molar-refractivity contribution is -0.235. The van der Waals surface area contributed by atoms with E-state index in [0.717, 1.165) is 59.8 Å². The number of ether oxygens (including phenoxy) is 2. The average molecular weight is 485 g/mol. The van der Waals surface area contributed by atoms with Crippen LogP contribution in [-0.4, -0.2) is 33.0 Å². The van der Waals surface area contributed by atoms with Gasteiger partial charge in [0, 0.05) is 28.8 Å². The SMILES string of the molecule is Cc1cc(C)n(CCCCC[C@]2(C)CO[C@H](c3nc(-c4ccccc4)c(-c4ccccc4)[nH]3)OC2)n1. The van der Waals surface area contributed by atoms with Crippen LogP contribution in [-0.2, 0) is 16.0 Å². The Morgan fingerprint density at radius 3 is 2.22 bits per heavy atom. The number of aryl methyl sites for hydroxylation is 3. The standard InChI is InChI=1S/C30H36N4O2/c1-22-19-23(2)34(33-22)18-12-6-11-17-30(3)20-35-29(36-21-30)28-31-26(24-13-7-4-8-14-24)27(32-28)25-15-9-5-10-16-25/h4-5,7-10,13-16,19,29H,6,11-12,17-18,20-21H2,1-3H3,(H,31,32)/t29-,30+. The quantitative estimate of drug-likeness (QED) is 0.263. The van der Waals surface area contributed by atoms with E-state index in [4.69, 9.17) is 14.5 Å². The third-order valence-electron chi connectivity index (χ3n) is 6.98. The van der Waals surface area contributed by atoms with E-state index in [1.54, 1.807) is 0 Å². The highest BCUT2D eigenvalue weighted by Gasteiger charge is 2.34. The zero-order chi connectivity index (χ0) is 25.0. The number of hydrogen-bond acceptors (Lipinski definition) is 4. The van der Waals surface area contributed by atoms with E-state index in [0.29, 0.717) is 13.2 Å². The second kappa shape index (κ2) is 10.8. The van der Waals surface area contributed by atoms with Gasteiger partial charge in [-0.25, -0.2) is 4.98 Å². The molecule has 0 amide bonds. The molecule has 3 heterocycles. The Hall–Kier alpha value is -3.22. The Kier molecular flexibility index (Phi) is 7.35. The van der Waals surface area contributed by atoms with E-state index in [9.17, 15) is 0 Å². The van der Waals surface area contributed by atoms with Crippen molar-refractivity contribution in [2.75, 3.05) is 13.2 Å². The molecule has 1 aliphatic heterocycles. The fourth-order valence-corrected chi connectivity index (χ4v) is 4.96. The summed E-state index contributed by atoms with van der Waals surface area (Å²) in [5.41, 5.74) is 6.42. The van der Waals surface area contributed by atoms with Crippen molar-refractivity contribution in [2.45, 2.75) is 59.3 Å². The minimum atomic E-state index is -0.482. The van der Waals surface area contributed by atoms with Crippen molar-refractivity contribution in [3.63, 3.8) is 0 Å². The summed E-state index contributed by atoms with van der Waals surface area (Å²) in [7, 11) is 0. The van der Waals surface area contributed by atoms with Crippen LogP contribution in [0, 0.1) is 19.3 Å². The van der Waals surface area contributed by atoms with Crippen molar-refractivity contribution in [1.82, 2.24) is 19.7 Å². The third kappa shape index (κ3) is 5.61. The first-order chi connectivity index (χ1) is 17.5. The highest BCUT2D eigenvalue weighted by Crippen LogP contribution is 2.37. The molecule has 4 aromatic rings. The van der Waals surface area contributed by atoms with Gasteiger partial charge in [0.25, 0.3) is 0 Å². The number of hydrogen-bond donors (Lipinski definition) is 1. The molecular weight excluding hydrogens is 448 g/mol. The van der Waals surface area contributed by atoms with Crippen LogP contribution in [0.3, 0.4) is 0 Å². The average Bonchev–Trinajstić information content (AvgIpc) is 3.48. The summed E-state index contributed by atoms with van der Waals surface area (Å²) >= 11 is 0. The van der Waals surface area contributed by atoms with E-state index >= 15 is 0 Å². The number of imidazole rings is 1. The lowest BCUT2D eigenvalue weighted by Crippen LogP contribution is -2.36. The van der Waals surface area contributed by atoms with Gasteiger partial charge in [-0.2, -0.15) is 5.10 Å². The zero-order valence-corrected chi connectivity index (χ0v) is 21.5. The summed E-state index contributed by atoms with van der Waals surface area (Å²) in [5, 5.41) is 4.56. The van der Waals surface area contributed by atoms with E-state index < -0.39 is 6.29 Å². The Labute approximate surface area is 213 Å². The van der Waals surface area contributed by atoms with Gasteiger partial charge in [0.1, 0.15) is 0 Å². The molecule has 6 nitrogen and oxygen atoms in total. The minimum Gasteiger partial charge on any atom is -0.345 e. The number of nitrogens with one attached hydrogen (secondary N) is 1. The second-order valence-electron chi connectivity index (χ2n) is 10.3. The van der Waals surface area contributed by atoms with Gasteiger partial charge in [0.05, 0.1) is 30.3 Å². The number of nitrogens with zero attached hydrogens (tertiary/aromatic N) is 3. The van der Waals surface area contributed by atoms with Crippen LogP contribution in [0.15, 0.2) is 66.7 Å². The monoisotopic (exact) mass is 484 g/mol. The highest BCUT2D eigenvalue weighted by atomic mass is 16.7. The first-order valence-corrected chi connectivity index (χ1v) is 13.0. The van der Waals surface area contributed by atoms with Crippen LogP contribution in [0.4, 0.5) is 0 Å². The van der Waals surface area contributed by atoms with Crippen LogP contribution in [0.2, 0.25) is 0 Å². The molecule has 0 aliphatic carbocycles. The highest BCUT2D eigenvalue weighted by molar-refractivity contribution is 5.78. The topological polar surface area (TPSA) is 65.0 Å². The van der Waals surface area contributed by atoms with Gasteiger partial charge in [-0.05, 0) is 32.8 Å². The predicted octanol–water partition coefficient (Wildman–Crippen LogP) is 6.87. The predicted molar refractivity (Wildman–Crippen MR) is 142 cm³/mol. The molecule has 1 aliphatic rings. The summed E-state index contributed by atoms with van der Waals surface area (Å²) in [4.78, 5) is 8.44. The largest absolute Gasteiger partial charge is 0.345 e. The van der Waals surface area contributed by atoms with Crippen LogP contribution >= 0.6 is 0 Å². The molecule has 1 saturated heterocycles. The molecule has 0 radical (unpaired) electrons. The normalized spacial score (nSPS) is 20.0. The van der Waals surface area contributed by atoms with E-state index in [1.807, 2.05) is 43.3 Å². The summed E-state index contributed by atoms with van der Waals surface area (Å²) in [5.74, 6) is 0.722. The number of H-pyrrole nitrogens is 1. The Morgan fingerprint density at radius 2 is 1.58 bits per heavy atom. The molecule has 188 valence electrons. The summed E-state index contributed by atoms with van der Waals surface area (Å²) in [6.45, 7) is 8.75. The van der Waals surface area contributed by atoms with Crippen molar-refractivity contribution in [3.8, 4) is 22.5 Å². The Balaban J connectivity index is 1.19. The molecule has 36 heavy (non-hydrogen) atoms. The molecule has 6 heteroatoms. The Morgan fingerprint density at radius 1 is 0.917 bits per heavy atom. The minimum absolute atomic E-state index is 0.0197. The molecule has 2 aromatic heterocycles. The van der Waals surface area contributed by atoms with Crippen LogP contribution in [0.25, 0.3) is 22.5 Å². The molecule has 0 bridgehead atoms. The van der Waals surface area contributed by atoms with Gasteiger partial charge in [-0.1, -0.05) is 80.4 Å². The number of aromatic nitrogens is 4. The lowest BCUT2D eigenvalue weighted by Gasteiger charge is -2.36. The summed E-state index contributed by atoms with van der Waals surface area (Å²) in [6.07, 6.45) is 4.07. The maximum Gasteiger partial charge on any atom is 0.217 e. The van der Waals surface area contributed by atoms with Gasteiger partial charge in [-0.3, -0.25) is 4.68 Å². The lowest BCUT2D eigenvalue weighted by atomic mass is 9.86. The maximum absolute atomic E-state index is 6.23. The van der Waals surface area contributed by atoms with Gasteiger partial charge in [0.15, 0.2) is 5.82 Å². The first kappa shape index (κ1) is 24.5. The molecule has 5 rings (SSSR count). The van der Waals surface area contributed by atoms with E-state index in [1.165, 1.54) is 12.1 Å². The fraction of sp³-hybridized carbons (Fsp3) is 0.400.